The molecule has 2 aromatic heterocycles. The molecule has 0 atom stereocenters. The average Bonchev–Trinajstić information content (AvgIpc) is 3.08. The van der Waals surface area contributed by atoms with Crippen molar-refractivity contribution in [3.05, 3.63) is 36.2 Å². The molecule has 0 aliphatic carbocycles. The maximum atomic E-state index is 12.3. The van der Waals surface area contributed by atoms with Crippen LogP contribution in [0.3, 0.4) is 0 Å². The molecule has 2 heterocycles. The van der Waals surface area contributed by atoms with Crippen LogP contribution >= 0.6 is 0 Å². The Labute approximate surface area is 149 Å². The van der Waals surface area contributed by atoms with E-state index in [9.17, 15) is 4.79 Å². The summed E-state index contributed by atoms with van der Waals surface area (Å²) in [5.41, 5.74) is 1.17. The van der Waals surface area contributed by atoms with Gasteiger partial charge in [-0.25, -0.2) is 0 Å². The van der Waals surface area contributed by atoms with Gasteiger partial charge in [0.2, 0.25) is 11.8 Å². The third kappa shape index (κ3) is 3.66. The Morgan fingerprint density at radius 3 is 2.65 bits per heavy atom. The zero-order valence-electron chi connectivity index (χ0n) is 14.7. The summed E-state index contributed by atoms with van der Waals surface area (Å²) >= 11 is 0. The minimum atomic E-state index is -0.173. The SMILES string of the molecule is COc1ccc(NC(=O)CCc2nnc3ccc(OC)nn23)c(OC)c1. The number of benzene rings is 1. The Bertz CT molecular complexity index is 925. The van der Waals surface area contributed by atoms with Crippen molar-refractivity contribution in [1.29, 1.82) is 0 Å². The number of aryl methyl sites for hydroxylation is 1. The molecule has 3 rings (SSSR count). The van der Waals surface area contributed by atoms with Crippen LogP contribution in [0.1, 0.15) is 12.2 Å². The minimum absolute atomic E-state index is 0.173. The Morgan fingerprint density at radius 2 is 1.92 bits per heavy atom. The van der Waals surface area contributed by atoms with E-state index in [-0.39, 0.29) is 12.3 Å². The van der Waals surface area contributed by atoms with Gasteiger partial charge in [-0.2, -0.15) is 4.52 Å². The van der Waals surface area contributed by atoms with Crippen LogP contribution in [0.15, 0.2) is 30.3 Å². The number of hydrogen-bond acceptors (Lipinski definition) is 7. The number of nitrogens with one attached hydrogen (secondary N) is 1. The lowest BCUT2D eigenvalue weighted by molar-refractivity contribution is -0.116. The molecule has 0 bridgehead atoms. The van der Waals surface area contributed by atoms with Gasteiger partial charge in [-0.3, -0.25) is 4.79 Å². The zero-order valence-corrected chi connectivity index (χ0v) is 14.7. The topological polar surface area (TPSA) is 99.9 Å². The van der Waals surface area contributed by atoms with E-state index in [1.807, 2.05) is 0 Å². The number of aromatic nitrogens is 4. The summed E-state index contributed by atoms with van der Waals surface area (Å²) in [4.78, 5) is 12.3. The molecule has 0 radical (unpaired) electrons. The van der Waals surface area contributed by atoms with Gasteiger partial charge in [0.1, 0.15) is 11.5 Å². The van der Waals surface area contributed by atoms with Crippen molar-refractivity contribution in [3.8, 4) is 17.4 Å². The molecule has 0 spiro atoms. The molecular formula is C17H19N5O4. The van der Waals surface area contributed by atoms with Crippen molar-refractivity contribution in [2.45, 2.75) is 12.8 Å². The van der Waals surface area contributed by atoms with Crippen LogP contribution < -0.4 is 19.5 Å². The summed E-state index contributed by atoms with van der Waals surface area (Å²) in [5, 5.41) is 15.2. The van der Waals surface area contributed by atoms with E-state index < -0.39 is 0 Å². The quantitative estimate of drug-likeness (QED) is 0.687. The van der Waals surface area contributed by atoms with Gasteiger partial charge in [-0.05, 0) is 18.2 Å². The molecule has 9 nitrogen and oxygen atoms in total. The summed E-state index contributed by atoms with van der Waals surface area (Å²) in [6.45, 7) is 0. The highest BCUT2D eigenvalue weighted by molar-refractivity contribution is 5.92. The highest BCUT2D eigenvalue weighted by Crippen LogP contribution is 2.29. The summed E-state index contributed by atoms with van der Waals surface area (Å²) in [6.07, 6.45) is 0.598. The number of nitrogens with zero attached hydrogens (tertiary/aromatic N) is 4. The first-order chi connectivity index (χ1) is 12.6. The van der Waals surface area contributed by atoms with Crippen molar-refractivity contribution < 1.29 is 19.0 Å². The lowest BCUT2D eigenvalue weighted by Gasteiger charge is -2.11. The van der Waals surface area contributed by atoms with Crippen LogP contribution in [0.25, 0.3) is 5.65 Å². The number of methoxy groups -OCH3 is 3. The number of rotatable bonds is 7. The number of carbonyl (C=O) groups is 1. The van der Waals surface area contributed by atoms with Gasteiger partial charge < -0.3 is 19.5 Å². The number of fused-ring (bicyclic) bond motifs is 1. The minimum Gasteiger partial charge on any atom is -0.497 e. The molecule has 1 N–H and O–H groups in total. The fraction of sp³-hybridized carbons (Fsp3) is 0.294. The average molecular weight is 357 g/mol. The molecule has 26 heavy (non-hydrogen) atoms. The second-order valence-electron chi connectivity index (χ2n) is 5.38. The lowest BCUT2D eigenvalue weighted by Crippen LogP contribution is -2.14. The van der Waals surface area contributed by atoms with Crippen LogP contribution in [0.5, 0.6) is 17.4 Å². The largest absolute Gasteiger partial charge is 0.497 e. The maximum absolute atomic E-state index is 12.3. The van der Waals surface area contributed by atoms with E-state index in [1.165, 1.54) is 14.2 Å². The Kier molecular flexibility index (Phi) is 5.16. The molecule has 3 aromatic rings. The maximum Gasteiger partial charge on any atom is 0.231 e. The van der Waals surface area contributed by atoms with Gasteiger partial charge in [-0.1, -0.05) is 0 Å². The molecule has 136 valence electrons. The molecule has 0 saturated heterocycles. The van der Waals surface area contributed by atoms with Gasteiger partial charge in [0.25, 0.3) is 0 Å². The first-order valence-electron chi connectivity index (χ1n) is 7.92. The second-order valence-corrected chi connectivity index (χ2v) is 5.38. The second kappa shape index (κ2) is 7.68. The molecule has 0 aliphatic heterocycles. The van der Waals surface area contributed by atoms with Gasteiger partial charge in [0, 0.05) is 25.0 Å². The van der Waals surface area contributed by atoms with E-state index in [1.54, 1.807) is 42.0 Å². The first kappa shape index (κ1) is 17.5. The number of amides is 1. The summed E-state index contributed by atoms with van der Waals surface area (Å²) in [6, 6.07) is 8.65. The first-order valence-corrected chi connectivity index (χ1v) is 7.92. The van der Waals surface area contributed by atoms with Crippen LogP contribution in [0.2, 0.25) is 0 Å². The van der Waals surface area contributed by atoms with Crippen molar-refractivity contribution in [2.75, 3.05) is 26.6 Å². The van der Waals surface area contributed by atoms with E-state index in [0.29, 0.717) is 41.0 Å². The molecule has 1 aromatic carbocycles. The Morgan fingerprint density at radius 1 is 1.08 bits per heavy atom. The number of anilines is 1. The van der Waals surface area contributed by atoms with E-state index in [4.69, 9.17) is 14.2 Å². The lowest BCUT2D eigenvalue weighted by atomic mass is 10.2. The van der Waals surface area contributed by atoms with E-state index >= 15 is 0 Å². The highest BCUT2D eigenvalue weighted by Gasteiger charge is 2.12. The van der Waals surface area contributed by atoms with Gasteiger partial charge >= 0.3 is 0 Å². The fourth-order valence-corrected chi connectivity index (χ4v) is 2.42. The van der Waals surface area contributed by atoms with Crippen molar-refractivity contribution in [2.24, 2.45) is 0 Å². The van der Waals surface area contributed by atoms with Crippen LogP contribution in [-0.2, 0) is 11.2 Å². The Balaban J connectivity index is 1.68. The van der Waals surface area contributed by atoms with Gasteiger partial charge in [-0.15, -0.1) is 15.3 Å². The zero-order chi connectivity index (χ0) is 18.5. The molecule has 0 unspecified atom stereocenters. The van der Waals surface area contributed by atoms with E-state index in [0.717, 1.165) is 0 Å². The predicted molar refractivity (Wildman–Crippen MR) is 93.8 cm³/mol. The molecule has 0 aliphatic rings. The molecule has 1 amide bonds. The predicted octanol–water partition coefficient (Wildman–Crippen LogP) is 1.72. The van der Waals surface area contributed by atoms with Crippen molar-refractivity contribution >= 4 is 17.2 Å². The number of carbonyl (C=O) groups excluding carboxylic acids is 1. The monoisotopic (exact) mass is 357 g/mol. The number of hydrogen-bond donors (Lipinski definition) is 1. The van der Waals surface area contributed by atoms with Gasteiger partial charge in [0.05, 0.1) is 27.0 Å². The van der Waals surface area contributed by atoms with Crippen LogP contribution in [0, 0.1) is 0 Å². The fourth-order valence-electron chi connectivity index (χ4n) is 2.42. The van der Waals surface area contributed by atoms with Crippen LogP contribution in [0.4, 0.5) is 5.69 Å². The van der Waals surface area contributed by atoms with Crippen LogP contribution in [-0.4, -0.2) is 47.0 Å². The summed E-state index contributed by atoms with van der Waals surface area (Å²) < 4.78 is 17.1. The van der Waals surface area contributed by atoms with Crippen molar-refractivity contribution in [1.82, 2.24) is 19.8 Å². The normalized spacial score (nSPS) is 10.6. The smallest absolute Gasteiger partial charge is 0.231 e. The molecule has 9 heteroatoms. The highest BCUT2D eigenvalue weighted by atomic mass is 16.5. The van der Waals surface area contributed by atoms with Gasteiger partial charge in [0.15, 0.2) is 11.5 Å². The molecule has 0 saturated carbocycles. The van der Waals surface area contributed by atoms with E-state index in [2.05, 4.69) is 20.6 Å². The summed E-state index contributed by atoms with van der Waals surface area (Å²) in [5.74, 6) is 2.03. The molecule has 0 fully saturated rings. The van der Waals surface area contributed by atoms with Crippen molar-refractivity contribution in [3.63, 3.8) is 0 Å². The standard InChI is InChI=1S/C17H19N5O4/c1-24-11-4-5-12(13(10-11)25-2)18-16(23)8-6-14-19-20-15-7-9-17(26-3)21-22(14)15/h4-5,7,9-10H,6,8H2,1-3H3,(H,18,23). The number of ether oxygens (including phenoxy) is 3. The third-order valence-electron chi connectivity index (χ3n) is 3.77. The Hall–Kier alpha value is -3.36. The third-order valence-corrected chi connectivity index (χ3v) is 3.77. The molecular weight excluding hydrogens is 338 g/mol. The summed E-state index contributed by atoms with van der Waals surface area (Å²) in [7, 11) is 4.64.